The van der Waals surface area contributed by atoms with Gasteiger partial charge in [-0.25, -0.2) is 0 Å². The molecule has 36 heavy (non-hydrogen) atoms. The molecule has 4 nitrogen and oxygen atoms in total. The monoisotopic (exact) mass is 800 g/mol. The number of hydrogen-bond donors (Lipinski definition) is 0. The largest absolute Gasteiger partial charge is 0.416 e. The molecule has 1 aliphatic heterocycles. The molecule has 20 heteroatoms. The van der Waals surface area contributed by atoms with Crippen molar-refractivity contribution in [1.29, 1.82) is 0 Å². The summed E-state index contributed by atoms with van der Waals surface area (Å²) in [5.41, 5.74) is 0. The highest BCUT2D eigenvalue weighted by atomic mass is 35.7. The quantitative estimate of drug-likeness (QED) is 0.145. The molecule has 0 aromatic heterocycles. The normalized spacial score (nSPS) is 33.3. The van der Waals surface area contributed by atoms with E-state index in [1.807, 2.05) is 26.2 Å². The van der Waals surface area contributed by atoms with Crippen LogP contribution in [0.25, 0.3) is 0 Å². The number of hydrogen-bond acceptors (Lipinski definition) is 4. The second-order valence-corrected chi connectivity index (χ2v) is 58.5. The Morgan fingerprint density at radius 1 is 0.389 bits per heavy atom. The van der Waals surface area contributed by atoms with E-state index in [0.717, 1.165) is 0 Å². The summed E-state index contributed by atoms with van der Waals surface area (Å²) in [7, 11) is -11.4. The van der Waals surface area contributed by atoms with Crippen molar-refractivity contribution in [2.45, 2.75) is 101 Å². The molecule has 0 amide bonds. The maximum atomic E-state index is 7.04. The first-order chi connectivity index (χ1) is 15.7. The molecule has 0 saturated carbocycles. The van der Waals surface area contributed by atoms with Crippen molar-refractivity contribution in [3.8, 4) is 0 Å². The number of rotatable bonds is 12. The molecule has 1 rings (SSSR count). The molecule has 0 unspecified atom stereocenters. The summed E-state index contributed by atoms with van der Waals surface area (Å²) < 4.78 is 28.1. The Morgan fingerprint density at radius 3 is 0.639 bits per heavy atom. The van der Waals surface area contributed by atoms with E-state index in [0.29, 0.717) is 48.4 Å². The third-order valence-electron chi connectivity index (χ3n) is 5.80. The average molecular weight is 805 g/mol. The first-order valence-corrected chi connectivity index (χ1v) is 41.0. The zero-order valence-electron chi connectivity index (χ0n) is 22.3. The van der Waals surface area contributed by atoms with Crippen LogP contribution in [-0.4, -0.2) is 61.0 Å². The third-order valence-corrected chi connectivity index (χ3v) is 35.3. The molecular formula is C16H40Cl8O4Si8. The zero-order valence-corrected chi connectivity index (χ0v) is 36.4. The van der Waals surface area contributed by atoms with Crippen LogP contribution in [0.3, 0.4) is 0 Å². The fourth-order valence-corrected chi connectivity index (χ4v) is 45.2. The highest BCUT2D eigenvalue weighted by molar-refractivity contribution is 7.46. The van der Waals surface area contributed by atoms with Crippen molar-refractivity contribution in [2.24, 2.45) is 0 Å². The fraction of sp³-hybridized carbons (Fsp3) is 1.00. The Morgan fingerprint density at radius 2 is 0.528 bits per heavy atom. The smallest absolute Gasteiger partial charge is 0.317 e. The third kappa shape index (κ3) is 16.5. The van der Waals surface area contributed by atoms with Crippen LogP contribution in [0.2, 0.25) is 101 Å². The predicted octanol–water partition coefficient (Wildman–Crippen LogP) is 10.6. The van der Waals surface area contributed by atoms with Crippen molar-refractivity contribution in [3.63, 3.8) is 0 Å². The highest BCUT2D eigenvalue weighted by Crippen LogP contribution is 2.43. The lowest BCUT2D eigenvalue weighted by Gasteiger charge is -2.51. The summed E-state index contributed by atoms with van der Waals surface area (Å²) in [6, 6.07) is 5.22. The molecule has 216 valence electrons. The Bertz CT molecular complexity index is 601. The van der Waals surface area contributed by atoms with Crippen molar-refractivity contribution < 1.29 is 16.5 Å². The van der Waals surface area contributed by atoms with Gasteiger partial charge in [0.1, 0.15) is 0 Å². The van der Waals surface area contributed by atoms with Gasteiger partial charge in [-0.3, -0.25) is 0 Å². The van der Waals surface area contributed by atoms with Crippen LogP contribution in [0.1, 0.15) is 0 Å². The van der Waals surface area contributed by atoms with Gasteiger partial charge in [-0.1, -0.05) is 0 Å². The van der Waals surface area contributed by atoms with E-state index in [1.165, 1.54) is 0 Å². The van der Waals surface area contributed by atoms with Gasteiger partial charge in [-0.2, -0.15) is 0 Å². The van der Waals surface area contributed by atoms with Gasteiger partial charge < -0.3 is 16.5 Å². The highest BCUT2D eigenvalue weighted by Gasteiger charge is 2.57. The average Bonchev–Trinajstić information content (AvgIpc) is 2.59. The van der Waals surface area contributed by atoms with Gasteiger partial charge in [0, 0.05) is 0 Å². The number of halogens is 8. The molecule has 1 fully saturated rings. The molecule has 1 heterocycles. The maximum Gasteiger partial charge on any atom is 0.317 e. The van der Waals surface area contributed by atoms with Crippen LogP contribution in [-0.2, 0) is 16.5 Å². The Hall–Kier alpha value is 3.90. The SMILES string of the molecule is C[Si](Cl)(Cl)CC[Si]1(C)O[Si](C)(CC[Si](C)(Cl)Cl)O[Si](C)(CC[Si](C)(Cl)Cl)O[Si](C)(CC[Si](C)(Cl)Cl)O1. The second kappa shape index (κ2) is 13.7. The van der Waals surface area contributed by atoms with Crippen LogP contribution in [0.5, 0.6) is 0 Å². The topological polar surface area (TPSA) is 36.9 Å². The first kappa shape index (κ1) is 37.9. The van der Waals surface area contributed by atoms with Crippen LogP contribution < -0.4 is 0 Å². The van der Waals surface area contributed by atoms with Crippen molar-refractivity contribution in [2.75, 3.05) is 0 Å². The Kier molecular flexibility index (Phi) is 14.4. The Balaban J connectivity index is 3.48. The molecular weight excluding hydrogens is 764 g/mol. The minimum Gasteiger partial charge on any atom is -0.416 e. The minimum atomic E-state index is -2.84. The minimum absolute atomic E-state index is 0.653. The van der Waals surface area contributed by atoms with Crippen LogP contribution >= 0.6 is 88.6 Å². The van der Waals surface area contributed by atoms with Crippen molar-refractivity contribution in [3.05, 3.63) is 0 Å². The van der Waals surface area contributed by atoms with Gasteiger partial charge in [0.15, 0.2) is 0 Å². The summed E-state index contributed by atoms with van der Waals surface area (Å²) in [6.07, 6.45) is 0. The van der Waals surface area contributed by atoms with Crippen molar-refractivity contribution in [1.82, 2.24) is 0 Å². The summed E-state index contributed by atoms with van der Waals surface area (Å²) in [4.78, 5) is 0. The summed E-state index contributed by atoms with van der Waals surface area (Å²) in [5.74, 6) is 0. The second-order valence-electron chi connectivity index (χ2n) is 11.2. The maximum absolute atomic E-state index is 7.04. The van der Waals surface area contributed by atoms with E-state index in [2.05, 4.69) is 26.2 Å². The standard InChI is InChI=1S/C16H40Cl8O4Si8/c1-29(17,18)9-13-33(5)25-34(6,14-10-30(2,19)20)27-36(8,16-12-32(4,23)24)28-35(7,26-33)15-11-31(3,21)22/h9-16H2,1-8H3. The molecule has 0 radical (unpaired) electrons. The van der Waals surface area contributed by atoms with Crippen LogP contribution in [0, 0.1) is 0 Å². The molecule has 0 aromatic rings. The van der Waals surface area contributed by atoms with Gasteiger partial charge in [-0.15, -0.1) is 88.6 Å². The van der Waals surface area contributed by atoms with E-state index in [4.69, 9.17) is 105 Å². The lowest BCUT2D eigenvalue weighted by molar-refractivity contribution is 0.225. The first-order valence-electron chi connectivity index (χ1n) is 12.0. The predicted molar refractivity (Wildman–Crippen MR) is 183 cm³/mol. The van der Waals surface area contributed by atoms with Crippen LogP contribution in [0.15, 0.2) is 0 Å². The molecule has 0 spiro atoms. The van der Waals surface area contributed by atoms with E-state index >= 15 is 0 Å². The van der Waals surface area contributed by atoms with Gasteiger partial charge in [-0.05, 0) is 101 Å². The Labute approximate surface area is 264 Å². The van der Waals surface area contributed by atoms with Gasteiger partial charge in [0.25, 0.3) is 0 Å². The van der Waals surface area contributed by atoms with E-state index < -0.39 is 61.0 Å². The van der Waals surface area contributed by atoms with Gasteiger partial charge >= 0.3 is 34.2 Å². The molecule has 0 aromatic carbocycles. The van der Waals surface area contributed by atoms with Crippen molar-refractivity contribution >= 4 is 150 Å². The van der Waals surface area contributed by atoms with Gasteiger partial charge in [0.2, 0.25) is 26.8 Å². The lowest BCUT2D eigenvalue weighted by Crippen LogP contribution is -2.67. The molecule has 1 aliphatic rings. The summed E-state index contributed by atoms with van der Waals surface area (Å²) in [5, 5.41) is 0. The lowest BCUT2D eigenvalue weighted by atomic mass is 10.9. The van der Waals surface area contributed by atoms with E-state index in [9.17, 15) is 0 Å². The molecule has 0 bridgehead atoms. The molecule has 0 atom stereocenters. The summed E-state index contributed by atoms with van der Waals surface area (Å²) >= 11 is 52.0. The fourth-order valence-electron chi connectivity index (χ4n) is 4.10. The van der Waals surface area contributed by atoms with Crippen LogP contribution in [0.4, 0.5) is 0 Å². The van der Waals surface area contributed by atoms with Gasteiger partial charge in [0.05, 0.1) is 0 Å². The zero-order chi connectivity index (χ0) is 28.5. The van der Waals surface area contributed by atoms with E-state index in [-0.39, 0.29) is 0 Å². The molecule has 1 saturated heterocycles. The molecule has 0 aliphatic carbocycles. The molecule has 0 N–H and O–H groups in total. The van der Waals surface area contributed by atoms with E-state index in [1.54, 1.807) is 0 Å². The summed E-state index contributed by atoms with van der Waals surface area (Å²) in [6.45, 7) is 6.40.